The van der Waals surface area contributed by atoms with E-state index in [0.717, 1.165) is 11.3 Å². The molecule has 2 aromatic rings. The predicted molar refractivity (Wildman–Crippen MR) is 53.7 cm³/mol. The van der Waals surface area contributed by atoms with Crippen LogP contribution in [0.15, 0.2) is 18.2 Å². The molecule has 72 valence electrons. The standard InChI is InChI=1S/C8H5ClN2O2S/c9-8-11-10-7(14-8)5-2-1-4(12)3-6(5)13/h1-3,12-13H. The van der Waals surface area contributed by atoms with E-state index in [1.165, 1.54) is 12.1 Å². The Kier molecular flexibility index (Phi) is 2.26. The summed E-state index contributed by atoms with van der Waals surface area (Å²) in [7, 11) is 0. The first-order valence-corrected chi connectivity index (χ1v) is 4.87. The minimum atomic E-state index is -0.0437. The van der Waals surface area contributed by atoms with Crippen LogP contribution < -0.4 is 0 Å². The van der Waals surface area contributed by atoms with E-state index < -0.39 is 0 Å². The summed E-state index contributed by atoms with van der Waals surface area (Å²) in [5, 5.41) is 26.5. The average Bonchev–Trinajstić information content (AvgIpc) is 2.51. The molecule has 4 nitrogen and oxygen atoms in total. The fourth-order valence-corrected chi connectivity index (χ4v) is 1.88. The quantitative estimate of drug-likeness (QED) is 0.786. The van der Waals surface area contributed by atoms with Gasteiger partial charge in [0.05, 0.1) is 5.56 Å². The molecular weight excluding hydrogens is 224 g/mol. The molecule has 6 heteroatoms. The second-order valence-corrected chi connectivity index (χ2v) is 4.12. The van der Waals surface area contributed by atoms with Crippen molar-refractivity contribution in [1.29, 1.82) is 0 Å². The van der Waals surface area contributed by atoms with Crippen LogP contribution in [-0.4, -0.2) is 20.4 Å². The van der Waals surface area contributed by atoms with Crippen molar-refractivity contribution in [2.45, 2.75) is 0 Å². The smallest absolute Gasteiger partial charge is 0.207 e. The first-order valence-electron chi connectivity index (χ1n) is 3.68. The summed E-state index contributed by atoms with van der Waals surface area (Å²) in [6.45, 7) is 0. The highest BCUT2D eigenvalue weighted by molar-refractivity contribution is 7.18. The van der Waals surface area contributed by atoms with Crippen LogP contribution in [-0.2, 0) is 0 Å². The Morgan fingerprint density at radius 1 is 1.21 bits per heavy atom. The van der Waals surface area contributed by atoms with Crippen LogP contribution in [0, 0.1) is 0 Å². The van der Waals surface area contributed by atoms with Gasteiger partial charge in [0.2, 0.25) is 4.47 Å². The van der Waals surface area contributed by atoms with E-state index in [0.29, 0.717) is 15.0 Å². The molecule has 0 aliphatic heterocycles. The van der Waals surface area contributed by atoms with Crippen molar-refractivity contribution < 1.29 is 10.2 Å². The molecule has 0 fully saturated rings. The lowest BCUT2D eigenvalue weighted by molar-refractivity contribution is 0.452. The van der Waals surface area contributed by atoms with Crippen LogP contribution in [0.5, 0.6) is 11.5 Å². The molecule has 1 aromatic carbocycles. The average molecular weight is 229 g/mol. The Hall–Kier alpha value is -1.33. The Morgan fingerprint density at radius 3 is 2.57 bits per heavy atom. The van der Waals surface area contributed by atoms with Gasteiger partial charge in [-0.1, -0.05) is 11.3 Å². The van der Waals surface area contributed by atoms with Gasteiger partial charge in [-0.2, -0.15) is 0 Å². The molecule has 0 saturated heterocycles. The van der Waals surface area contributed by atoms with Crippen LogP contribution in [0.4, 0.5) is 0 Å². The van der Waals surface area contributed by atoms with Gasteiger partial charge >= 0.3 is 0 Å². The summed E-state index contributed by atoms with van der Waals surface area (Å²) in [5.74, 6) is -0.0420. The Balaban J connectivity index is 2.52. The maximum absolute atomic E-state index is 9.49. The first-order chi connectivity index (χ1) is 6.66. The van der Waals surface area contributed by atoms with Crippen LogP contribution in [0.25, 0.3) is 10.6 Å². The first kappa shape index (κ1) is 9.23. The summed E-state index contributed by atoms with van der Waals surface area (Å²) < 4.78 is 0.312. The number of benzene rings is 1. The zero-order valence-corrected chi connectivity index (χ0v) is 8.38. The largest absolute Gasteiger partial charge is 0.508 e. The lowest BCUT2D eigenvalue weighted by Crippen LogP contribution is -1.78. The van der Waals surface area contributed by atoms with E-state index in [4.69, 9.17) is 16.7 Å². The van der Waals surface area contributed by atoms with E-state index in [9.17, 15) is 5.11 Å². The third-order valence-electron chi connectivity index (χ3n) is 1.61. The third kappa shape index (κ3) is 1.64. The number of phenols is 2. The van der Waals surface area contributed by atoms with Gasteiger partial charge in [0, 0.05) is 6.07 Å². The number of rotatable bonds is 1. The third-order valence-corrected chi connectivity index (χ3v) is 2.66. The Labute approximate surface area is 88.4 Å². The van der Waals surface area contributed by atoms with E-state index in [1.807, 2.05) is 0 Å². The van der Waals surface area contributed by atoms with Gasteiger partial charge in [-0.15, -0.1) is 10.2 Å². The molecule has 0 bridgehead atoms. The number of nitrogens with zero attached hydrogens (tertiary/aromatic N) is 2. The van der Waals surface area contributed by atoms with Gasteiger partial charge in [-0.05, 0) is 23.7 Å². The molecule has 0 amide bonds. The van der Waals surface area contributed by atoms with Crippen LogP contribution in [0.2, 0.25) is 4.47 Å². The SMILES string of the molecule is Oc1ccc(-c2nnc(Cl)s2)c(O)c1. The van der Waals surface area contributed by atoms with Crippen LogP contribution in [0.3, 0.4) is 0 Å². The predicted octanol–water partition coefficient (Wildman–Crippen LogP) is 2.27. The molecule has 1 heterocycles. The Morgan fingerprint density at radius 2 is 2.00 bits per heavy atom. The topological polar surface area (TPSA) is 66.2 Å². The van der Waals surface area contributed by atoms with Crippen LogP contribution >= 0.6 is 22.9 Å². The number of hydrogen-bond acceptors (Lipinski definition) is 5. The molecule has 2 N–H and O–H groups in total. The number of halogens is 1. The normalized spacial score (nSPS) is 10.4. The van der Waals surface area contributed by atoms with Crippen molar-refractivity contribution in [3.63, 3.8) is 0 Å². The molecule has 0 saturated carbocycles. The maximum Gasteiger partial charge on any atom is 0.207 e. The van der Waals surface area contributed by atoms with Crippen molar-refractivity contribution in [3.05, 3.63) is 22.7 Å². The van der Waals surface area contributed by atoms with Crippen molar-refractivity contribution in [1.82, 2.24) is 10.2 Å². The molecule has 14 heavy (non-hydrogen) atoms. The van der Waals surface area contributed by atoms with Crippen LogP contribution in [0.1, 0.15) is 0 Å². The van der Waals surface area contributed by atoms with E-state index >= 15 is 0 Å². The monoisotopic (exact) mass is 228 g/mol. The van der Waals surface area contributed by atoms with Gasteiger partial charge in [0.1, 0.15) is 11.5 Å². The number of hydrogen-bond donors (Lipinski definition) is 2. The van der Waals surface area contributed by atoms with Gasteiger partial charge in [0.25, 0.3) is 0 Å². The lowest BCUT2D eigenvalue weighted by atomic mass is 10.2. The zero-order chi connectivity index (χ0) is 10.1. The minimum Gasteiger partial charge on any atom is -0.508 e. The van der Waals surface area contributed by atoms with E-state index in [2.05, 4.69) is 10.2 Å². The van der Waals surface area contributed by atoms with Crippen molar-refractivity contribution >= 4 is 22.9 Å². The molecule has 0 atom stereocenters. The molecule has 0 aliphatic carbocycles. The fraction of sp³-hybridized carbons (Fsp3) is 0. The van der Waals surface area contributed by atoms with Gasteiger partial charge in [-0.25, -0.2) is 0 Å². The molecule has 0 aliphatic rings. The van der Waals surface area contributed by atoms with Crippen molar-refractivity contribution in [3.8, 4) is 22.1 Å². The van der Waals surface area contributed by atoms with E-state index in [-0.39, 0.29) is 11.5 Å². The number of aromatic hydroxyl groups is 2. The van der Waals surface area contributed by atoms with Crippen molar-refractivity contribution in [2.75, 3.05) is 0 Å². The molecule has 2 rings (SSSR count). The highest BCUT2D eigenvalue weighted by atomic mass is 35.5. The molecule has 0 radical (unpaired) electrons. The molecule has 1 aromatic heterocycles. The lowest BCUT2D eigenvalue weighted by Gasteiger charge is -1.99. The molecule has 0 unspecified atom stereocenters. The van der Waals surface area contributed by atoms with Gasteiger partial charge in [-0.3, -0.25) is 0 Å². The molecular formula is C8H5ClN2O2S. The second kappa shape index (κ2) is 3.43. The summed E-state index contributed by atoms with van der Waals surface area (Å²) in [6.07, 6.45) is 0. The number of aromatic nitrogens is 2. The highest BCUT2D eigenvalue weighted by Crippen LogP contribution is 2.34. The summed E-state index contributed by atoms with van der Waals surface area (Å²) in [4.78, 5) is 0. The summed E-state index contributed by atoms with van der Waals surface area (Å²) >= 11 is 6.77. The van der Waals surface area contributed by atoms with Gasteiger partial charge < -0.3 is 10.2 Å². The molecule has 0 spiro atoms. The zero-order valence-electron chi connectivity index (χ0n) is 6.81. The summed E-state index contributed by atoms with van der Waals surface area (Å²) in [5.41, 5.74) is 0.507. The second-order valence-electron chi connectivity index (χ2n) is 2.56. The summed E-state index contributed by atoms with van der Waals surface area (Å²) in [6, 6.07) is 4.26. The van der Waals surface area contributed by atoms with Gasteiger partial charge in [0.15, 0.2) is 5.01 Å². The maximum atomic E-state index is 9.49. The minimum absolute atomic E-state index is 0.00172. The fourth-order valence-electron chi connectivity index (χ4n) is 1.02. The Bertz CT molecular complexity index is 472. The van der Waals surface area contributed by atoms with Crippen molar-refractivity contribution in [2.24, 2.45) is 0 Å². The van der Waals surface area contributed by atoms with E-state index in [1.54, 1.807) is 6.07 Å². The highest BCUT2D eigenvalue weighted by Gasteiger charge is 2.09. The number of phenolic OH excluding ortho intramolecular Hbond substituents is 2.